The van der Waals surface area contributed by atoms with E-state index in [-0.39, 0.29) is 0 Å². The third-order valence-electron chi connectivity index (χ3n) is 3.14. The van der Waals surface area contributed by atoms with Gasteiger partial charge in [0, 0.05) is 17.6 Å². The van der Waals surface area contributed by atoms with Crippen LogP contribution in [0.25, 0.3) is 11.1 Å². The SMILES string of the molecule is BrCc1ccc(Oc2ccc(-c3ccccc3)cc2)nc1. The van der Waals surface area contributed by atoms with E-state index >= 15 is 0 Å². The van der Waals surface area contributed by atoms with Gasteiger partial charge in [0.2, 0.25) is 5.88 Å². The van der Waals surface area contributed by atoms with Gasteiger partial charge in [-0.1, -0.05) is 64.5 Å². The molecule has 0 radical (unpaired) electrons. The monoisotopic (exact) mass is 339 g/mol. The van der Waals surface area contributed by atoms with Crippen LogP contribution in [0, 0.1) is 0 Å². The van der Waals surface area contributed by atoms with Gasteiger partial charge in [0.1, 0.15) is 5.75 Å². The minimum absolute atomic E-state index is 0.604. The Bertz CT molecular complexity index is 694. The van der Waals surface area contributed by atoms with Crippen molar-refractivity contribution in [1.82, 2.24) is 4.98 Å². The molecule has 0 spiro atoms. The number of pyridine rings is 1. The van der Waals surface area contributed by atoms with Crippen LogP contribution in [0.4, 0.5) is 0 Å². The molecule has 0 aliphatic carbocycles. The number of nitrogens with zero attached hydrogens (tertiary/aromatic N) is 1. The van der Waals surface area contributed by atoms with E-state index in [1.807, 2.05) is 48.7 Å². The van der Waals surface area contributed by atoms with Crippen molar-refractivity contribution in [3.63, 3.8) is 0 Å². The standard InChI is InChI=1S/C18H14BrNO/c19-12-14-6-11-18(20-13-14)21-17-9-7-16(8-10-17)15-4-2-1-3-5-15/h1-11,13H,12H2. The Morgan fingerprint density at radius 3 is 2.14 bits per heavy atom. The fourth-order valence-corrected chi connectivity index (χ4v) is 2.35. The maximum absolute atomic E-state index is 5.74. The molecular weight excluding hydrogens is 326 g/mol. The van der Waals surface area contributed by atoms with Crippen LogP contribution in [0.1, 0.15) is 5.56 Å². The lowest BCUT2D eigenvalue weighted by Gasteiger charge is -2.06. The largest absolute Gasteiger partial charge is 0.439 e. The summed E-state index contributed by atoms with van der Waals surface area (Å²) in [7, 11) is 0. The van der Waals surface area contributed by atoms with Crippen LogP contribution in [-0.2, 0) is 5.33 Å². The van der Waals surface area contributed by atoms with Gasteiger partial charge in [0.25, 0.3) is 0 Å². The fourth-order valence-electron chi connectivity index (χ4n) is 2.02. The van der Waals surface area contributed by atoms with Crippen molar-refractivity contribution in [2.24, 2.45) is 0 Å². The van der Waals surface area contributed by atoms with Crippen molar-refractivity contribution in [2.45, 2.75) is 5.33 Å². The molecule has 104 valence electrons. The Morgan fingerprint density at radius 1 is 0.810 bits per heavy atom. The van der Waals surface area contributed by atoms with Crippen molar-refractivity contribution in [3.05, 3.63) is 78.5 Å². The van der Waals surface area contributed by atoms with Crippen molar-refractivity contribution in [1.29, 1.82) is 0 Å². The van der Waals surface area contributed by atoms with Crippen molar-refractivity contribution in [3.8, 4) is 22.8 Å². The summed E-state index contributed by atoms with van der Waals surface area (Å²) < 4.78 is 5.74. The fraction of sp³-hybridized carbons (Fsp3) is 0.0556. The molecule has 1 aromatic heterocycles. The average molecular weight is 340 g/mol. The molecule has 3 rings (SSSR count). The van der Waals surface area contributed by atoms with E-state index in [0.717, 1.165) is 16.6 Å². The maximum Gasteiger partial charge on any atom is 0.219 e. The number of hydrogen-bond donors (Lipinski definition) is 0. The first-order valence-corrected chi connectivity index (χ1v) is 7.81. The summed E-state index contributed by atoms with van der Waals surface area (Å²) in [5.74, 6) is 1.39. The minimum Gasteiger partial charge on any atom is -0.439 e. The number of halogens is 1. The zero-order chi connectivity index (χ0) is 14.5. The quantitative estimate of drug-likeness (QED) is 0.590. The summed E-state index contributed by atoms with van der Waals surface area (Å²) in [5, 5.41) is 0.798. The summed E-state index contributed by atoms with van der Waals surface area (Å²) in [6, 6.07) is 22.2. The molecule has 0 saturated heterocycles. The number of hydrogen-bond acceptors (Lipinski definition) is 2. The van der Waals surface area contributed by atoms with E-state index in [0.29, 0.717) is 5.88 Å². The van der Waals surface area contributed by atoms with E-state index in [1.54, 1.807) is 0 Å². The van der Waals surface area contributed by atoms with Gasteiger partial charge in [0.15, 0.2) is 0 Å². The average Bonchev–Trinajstić information content (AvgIpc) is 2.57. The third kappa shape index (κ3) is 3.50. The first-order chi connectivity index (χ1) is 10.3. The molecule has 0 amide bonds. The topological polar surface area (TPSA) is 22.1 Å². The Hall–Kier alpha value is -2.13. The molecule has 21 heavy (non-hydrogen) atoms. The van der Waals surface area contributed by atoms with Gasteiger partial charge in [-0.15, -0.1) is 0 Å². The van der Waals surface area contributed by atoms with Gasteiger partial charge < -0.3 is 4.74 Å². The Morgan fingerprint density at radius 2 is 1.52 bits per heavy atom. The van der Waals surface area contributed by atoms with Crippen LogP contribution < -0.4 is 4.74 Å². The molecule has 2 aromatic carbocycles. The van der Waals surface area contributed by atoms with Crippen LogP contribution in [0.5, 0.6) is 11.6 Å². The molecule has 3 aromatic rings. The zero-order valence-corrected chi connectivity index (χ0v) is 13.0. The second kappa shape index (κ2) is 6.55. The van der Waals surface area contributed by atoms with Gasteiger partial charge in [-0.25, -0.2) is 4.98 Å². The highest BCUT2D eigenvalue weighted by Gasteiger charge is 2.01. The highest BCUT2D eigenvalue weighted by Crippen LogP contribution is 2.25. The molecule has 0 aliphatic rings. The lowest BCUT2D eigenvalue weighted by molar-refractivity contribution is 0.463. The van der Waals surface area contributed by atoms with E-state index in [9.17, 15) is 0 Å². The predicted octanol–water partition coefficient (Wildman–Crippen LogP) is 5.44. The summed E-state index contributed by atoms with van der Waals surface area (Å²) in [4.78, 5) is 4.27. The second-order valence-electron chi connectivity index (χ2n) is 4.63. The van der Waals surface area contributed by atoms with Crippen LogP contribution >= 0.6 is 15.9 Å². The lowest BCUT2D eigenvalue weighted by atomic mass is 10.1. The lowest BCUT2D eigenvalue weighted by Crippen LogP contribution is -1.89. The number of benzene rings is 2. The van der Waals surface area contributed by atoms with Crippen molar-refractivity contribution >= 4 is 15.9 Å². The van der Waals surface area contributed by atoms with Crippen LogP contribution in [0.3, 0.4) is 0 Å². The molecule has 0 aliphatic heterocycles. The predicted molar refractivity (Wildman–Crippen MR) is 88.8 cm³/mol. The Kier molecular flexibility index (Phi) is 4.31. The number of aromatic nitrogens is 1. The zero-order valence-electron chi connectivity index (χ0n) is 11.4. The Balaban J connectivity index is 1.75. The summed E-state index contributed by atoms with van der Waals surface area (Å²) in [5.41, 5.74) is 3.50. The van der Waals surface area contributed by atoms with Crippen molar-refractivity contribution < 1.29 is 4.74 Å². The van der Waals surface area contributed by atoms with Crippen LogP contribution in [-0.4, -0.2) is 4.98 Å². The second-order valence-corrected chi connectivity index (χ2v) is 5.19. The molecule has 0 fully saturated rings. The molecular formula is C18H14BrNO. The summed E-state index contributed by atoms with van der Waals surface area (Å²) in [6.07, 6.45) is 1.81. The highest BCUT2D eigenvalue weighted by atomic mass is 79.9. The number of alkyl halides is 1. The summed E-state index contributed by atoms with van der Waals surface area (Å²) in [6.45, 7) is 0. The number of ether oxygens (including phenoxy) is 1. The smallest absolute Gasteiger partial charge is 0.219 e. The van der Waals surface area contributed by atoms with Gasteiger partial charge in [0.05, 0.1) is 0 Å². The maximum atomic E-state index is 5.74. The normalized spacial score (nSPS) is 10.3. The van der Waals surface area contributed by atoms with Gasteiger partial charge in [-0.2, -0.15) is 0 Å². The number of rotatable bonds is 4. The molecule has 0 saturated carbocycles. The molecule has 2 nitrogen and oxygen atoms in total. The Labute approximate surface area is 132 Å². The molecule has 0 unspecified atom stereocenters. The van der Waals surface area contributed by atoms with Crippen LogP contribution in [0.2, 0.25) is 0 Å². The molecule has 0 bridgehead atoms. The first kappa shape index (κ1) is 13.8. The van der Waals surface area contributed by atoms with Crippen molar-refractivity contribution in [2.75, 3.05) is 0 Å². The first-order valence-electron chi connectivity index (χ1n) is 6.69. The minimum atomic E-state index is 0.604. The van der Waals surface area contributed by atoms with E-state index in [4.69, 9.17) is 4.74 Å². The van der Waals surface area contributed by atoms with E-state index in [2.05, 4.69) is 45.2 Å². The van der Waals surface area contributed by atoms with Crippen LogP contribution in [0.15, 0.2) is 72.9 Å². The summed E-state index contributed by atoms with van der Waals surface area (Å²) >= 11 is 3.40. The molecule has 0 N–H and O–H groups in total. The van der Waals surface area contributed by atoms with E-state index in [1.165, 1.54) is 11.1 Å². The highest BCUT2D eigenvalue weighted by molar-refractivity contribution is 9.08. The van der Waals surface area contributed by atoms with E-state index < -0.39 is 0 Å². The molecule has 3 heteroatoms. The molecule has 1 heterocycles. The van der Waals surface area contributed by atoms with Gasteiger partial charge in [-0.3, -0.25) is 0 Å². The molecule has 0 atom stereocenters. The van der Waals surface area contributed by atoms with Gasteiger partial charge in [-0.05, 0) is 28.8 Å². The van der Waals surface area contributed by atoms with Gasteiger partial charge >= 0.3 is 0 Å². The third-order valence-corrected chi connectivity index (χ3v) is 3.78.